The first kappa shape index (κ1) is 14.2. The van der Waals surface area contributed by atoms with Gasteiger partial charge in [-0.05, 0) is 25.9 Å². The Morgan fingerprint density at radius 2 is 1.86 bits per heavy atom. The molecule has 0 heterocycles. The summed E-state index contributed by atoms with van der Waals surface area (Å²) in [5.41, 5.74) is 0.293. The third-order valence-electron chi connectivity index (χ3n) is 2.39. The molecule has 0 aromatic heterocycles. The molecule has 0 aliphatic carbocycles. The fourth-order valence-electron chi connectivity index (χ4n) is 1.41. The maximum atomic E-state index is 5.79. The van der Waals surface area contributed by atoms with Gasteiger partial charge >= 0.3 is 0 Å². The van der Waals surface area contributed by atoms with E-state index >= 15 is 0 Å². The second kappa shape index (κ2) is 6.65. The highest BCUT2D eigenvalue weighted by Gasteiger charge is 2.22. The van der Waals surface area contributed by atoms with Crippen molar-refractivity contribution < 1.29 is 0 Å². The van der Waals surface area contributed by atoms with E-state index in [1.807, 2.05) is 0 Å². The molecule has 0 saturated heterocycles. The van der Waals surface area contributed by atoms with Crippen molar-refractivity contribution in [3.05, 3.63) is 0 Å². The summed E-state index contributed by atoms with van der Waals surface area (Å²) >= 11 is 5.79. The molecular weight excluding hydrogens is 196 g/mol. The van der Waals surface area contributed by atoms with Gasteiger partial charge in [0.2, 0.25) is 0 Å². The van der Waals surface area contributed by atoms with Crippen LogP contribution in [0, 0.1) is 5.41 Å². The van der Waals surface area contributed by atoms with Crippen LogP contribution in [0.1, 0.15) is 27.2 Å². The largest absolute Gasteiger partial charge is 0.312 e. The fourth-order valence-corrected chi connectivity index (χ4v) is 1.63. The number of halogens is 1. The zero-order valence-corrected chi connectivity index (χ0v) is 11.0. The van der Waals surface area contributed by atoms with Crippen LogP contribution in [0.3, 0.4) is 0 Å². The van der Waals surface area contributed by atoms with Crippen LogP contribution < -0.4 is 5.32 Å². The van der Waals surface area contributed by atoms with Crippen molar-refractivity contribution >= 4 is 11.6 Å². The zero-order chi connectivity index (χ0) is 11.2. The summed E-state index contributed by atoms with van der Waals surface area (Å²) < 4.78 is 0. The van der Waals surface area contributed by atoms with E-state index in [0.717, 1.165) is 25.4 Å². The van der Waals surface area contributed by atoms with E-state index in [0.29, 0.717) is 11.5 Å². The van der Waals surface area contributed by atoms with E-state index in [-0.39, 0.29) is 0 Å². The zero-order valence-electron chi connectivity index (χ0n) is 10.2. The van der Waals surface area contributed by atoms with Crippen LogP contribution in [0.25, 0.3) is 0 Å². The van der Waals surface area contributed by atoms with E-state index in [2.05, 4.69) is 45.1 Å². The lowest BCUT2D eigenvalue weighted by molar-refractivity contribution is 0.253. The van der Waals surface area contributed by atoms with Crippen molar-refractivity contribution in [1.29, 1.82) is 0 Å². The smallest absolute Gasteiger partial charge is 0.0238 e. The number of nitrogens with one attached hydrogen (secondary N) is 1. The van der Waals surface area contributed by atoms with Gasteiger partial charge in [-0.25, -0.2) is 0 Å². The van der Waals surface area contributed by atoms with E-state index in [9.17, 15) is 0 Å². The van der Waals surface area contributed by atoms with E-state index < -0.39 is 0 Å². The van der Waals surface area contributed by atoms with Crippen LogP contribution in [0.4, 0.5) is 0 Å². The summed E-state index contributed by atoms with van der Waals surface area (Å²) in [6.07, 6.45) is 1.04. The molecule has 0 aliphatic heterocycles. The van der Waals surface area contributed by atoms with Crippen molar-refractivity contribution in [3.63, 3.8) is 0 Å². The maximum absolute atomic E-state index is 5.79. The molecule has 1 atom stereocenters. The highest BCUT2D eigenvalue weighted by atomic mass is 35.5. The lowest BCUT2D eigenvalue weighted by Gasteiger charge is -2.31. The summed E-state index contributed by atoms with van der Waals surface area (Å²) in [6, 6.07) is 0.514. The van der Waals surface area contributed by atoms with Gasteiger partial charge in [0.15, 0.2) is 0 Å². The Labute approximate surface area is 94.0 Å². The lowest BCUT2D eigenvalue weighted by atomic mass is 9.85. The van der Waals surface area contributed by atoms with Crippen molar-refractivity contribution in [2.75, 3.05) is 33.1 Å². The number of hydrogen-bond donors (Lipinski definition) is 1. The highest BCUT2D eigenvalue weighted by Crippen LogP contribution is 2.21. The highest BCUT2D eigenvalue weighted by molar-refractivity contribution is 6.17. The van der Waals surface area contributed by atoms with Gasteiger partial charge in [-0.2, -0.15) is 0 Å². The van der Waals surface area contributed by atoms with Crippen molar-refractivity contribution in [1.82, 2.24) is 10.2 Å². The van der Waals surface area contributed by atoms with Crippen LogP contribution in [0.15, 0.2) is 0 Å². The predicted molar refractivity (Wildman–Crippen MR) is 65.1 cm³/mol. The summed E-state index contributed by atoms with van der Waals surface area (Å²) in [4.78, 5) is 2.19. The third-order valence-corrected chi connectivity index (χ3v) is 2.61. The molecule has 0 aliphatic rings. The van der Waals surface area contributed by atoms with Crippen molar-refractivity contribution in [3.8, 4) is 0 Å². The Morgan fingerprint density at radius 1 is 1.29 bits per heavy atom. The second-order valence-electron chi connectivity index (χ2n) is 5.15. The monoisotopic (exact) mass is 220 g/mol. The molecule has 3 heteroatoms. The standard InChI is InChI=1S/C11H25ClN2/c1-11(2,3)10(6-7-12)13-8-9-14(4)5/h10,13H,6-9H2,1-5H3. The van der Waals surface area contributed by atoms with Gasteiger partial charge in [-0.15, -0.1) is 11.6 Å². The van der Waals surface area contributed by atoms with Crippen LogP contribution in [0.2, 0.25) is 0 Å². The molecule has 86 valence electrons. The molecule has 0 amide bonds. The number of rotatable bonds is 6. The Balaban J connectivity index is 3.86. The van der Waals surface area contributed by atoms with E-state index in [1.165, 1.54) is 0 Å². The predicted octanol–water partition coefficient (Wildman–Crippen LogP) is 2.18. The normalized spacial score (nSPS) is 14.8. The number of nitrogens with zero attached hydrogens (tertiary/aromatic N) is 1. The Morgan fingerprint density at radius 3 is 2.21 bits per heavy atom. The first-order chi connectivity index (χ1) is 6.38. The van der Waals surface area contributed by atoms with Crippen molar-refractivity contribution in [2.45, 2.75) is 33.2 Å². The molecule has 2 nitrogen and oxygen atoms in total. The van der Waals surface area contributed by atoms with Gasteiger partial charge in [0.25, 0.3) is 0 Å². The summed E-state index contributed by atoms with van der Waals surface area (Å²) in [6.45, 7) is 8.88. The minimum Gasteiger partial charge on any atom is -0.312 e. The molecule has 0 radical (unpaired) electrons. The van der Waals surface area contributed by atoms with Crippen molar-refractivity contribution in [2.24, 2.45) is 5.41 Å². The molecule has 0 bridgehead atoms. The summed E-state index contributed by atoms with van der Waals surface area (Å²) in [5.74, 6) is 0.733. The average Bonchev–Trinajstić information content (AvgIpc) is 2.00. The lowest BCUT2D eigenvalue weighted by Crippen LogP contribution is -2.43. The number of hydrogen-bond acceptors (Lipinski definition) is 2. The van der Waals surface area contributed by atoms with Gasteiger partial charge in [0, 0.05) is 25.0 Å². The fraction of sp³-hybridized carbons (Fsp3) is 1.00. The number of alkyl halides is 1. The molecule has 1 unspecified atom stereocenters. The third kappa shape index (κ3) is 6.63. The van der Waals surface area contributed by atoms with Gasteiger partial charge in [0.05, 0.1) is 0 Å². The van der Waals surface area contributed by atoms with Crippen LogP contribution >= 0.6 is 11.6 Å². The Bertz CT molecular complexity index is 141. The molecule has 0 fully saturated rings. The quantitative estimate of drug-likeness (QED) is 0.691. The average molecular weight is 221 g/mol. The second-order valence-corrected chi connectivity index (χ2v) is 5.53. The molecule has 0 aromatic rings. The van der Waals surface area contributed by atoms with Gasteiger partial charge < -0.3 is 10.2 Å². The minimum atomic E-state index is 0.293. The van der Waals surface area contributed by atoms with E-state index in [4.69, 9.17) is 11.6 Å². The van der Waals surface area contributed by atoms with Gasteiger partial charge in [-0.3, -0.25) is 0 Å². The number of likely N-dealkylation sites (N-methyl/N-ethyl adjacent to an activating group) is 1. The van der Waals surface area contributed by atoms with Gasteiger partial charge in [0.1, 0.15) is 0 Å². The van der Waals surface area contributed by atoms with Crippen LogP contribution in [0.5, 0.6) is 0 Å². The molecule has 0 spiro atoms. The summed E-state index contributed by atoms with van der Waals surface area (Å²) in [7, 11) is 4.19. The van der Waals surface area contributed by atoms with Crippen LogP contribution in [-0.2, 0) is 0 Å². The molecule has 0 rings (SSSR count). The summed E-state index contributed by atoms with van der Waals surface area (Å²) in [5, 5.41) is 3.57. The molecular formula is C11H25ClN2. The molecule has 0 saturated carbocycles. The molecule has 1 N–H and O–H groups in total. The molecule has 14 heavy (non-hydrogen) atoms. The first-order valence-electron chi connectivity index (χ1n) is 5.32. The van der Waals surface area contributed by atoms with Gasteiger partial charge in [-0.1, -0.05) is 20.8 Å². The van der Waals surface area contributed by atoms with E-state index in [1.54, 1.807) is 0 Å². The Kier molecular flexibility index (Phi) is 6.75. The molecule has 0 aromatic carbocycles. The first-order valence-corrected chi connectivity index (χ1v) is 5.85. The Hall–Kier alpha value is 0.210. The minimum absolute atomic E-state index is 0.293. The van der Waals surface area contributed by atoms with Crippen LogP contribution in [-0.4, -0.2) is 44.0 Å². The topological polar surface area (TPSA) is 15.3 Å². The SMILES string of the molecule is CN(C)CCNC(CCCl)C(C)(C)C. The maximum Gasteiger partial charge on any atom is 0.0238 e.